The number of hydrogen-bond donors (Lipinski definition) is 1. The van der Waals surface area contributed by atoms with Crippen LogP contribution in [0.2, 0.25) is 0 Å². The Morgan fingerprint density at radius 2 is 1.57 bits per heavy atom. The number of methoxy groups -OCH3 is 3. The number of para-hydroxylation sites is 2. The van der Waals surface area contributed by atoms with Crippen LogP contribution < -0.4 is 19.5 Å². The summed E-state index contributed by atoms with van der Waals surface area (Å²) in [4.78, 5) is 32.8. The molecule has 0 unspecified atom stereocenters. The first kappa shape index (κ1) is 25.9. The van der Waals surface area contributed by atoms with Crippen molar-refractivity contribution < 1.29 is 23.8 Å². The van der Waals surface area contributed by atoms with Gasteiger partial charge in [-0.1, -0.05) is 12.1 Å². The van der Waals surface area contributed by atoms with Gasteiger partial charge in [-0.2, -0.15) is 0 Å². The van der Waals surface area contributed by atoms with Crippen molar-refractivity contribution in [3.8, 4) is 17.2 Å². The smallest absolute Gasteiger partial charge is 0.251 e. The van der Waals surface area contributed by atoms with E-state index in [1.165, 1.54) is 21.3 Å². The van der Waals surface area contributed by atoms with Gasteiger partial charge in [0.25, 0.3) is 5.91 Å². The fraction of sp³-hybridized carbons (Fsp3) is 0.423. The fourth-order valence-electron chi connectivity index (χ4n) is 4.30. The summed E-state index contributed by atoms with van der Waals surface area (Å²) in [5.74, 6) is 1.43. The summed E-state index contributed by atoms with van der Waals surface area (Å²) in [5, 5.41) is 2.91. The zero-order valence-corrected chi connectivity index (χ0v) is 21.4. The molecule has 0 aliphatic heterocycles. The largest absolute Gasteiger partial charge is 0.493 e. The molecule has 35 heavy (non-hydrogen) atoms. The predicted molar refractivity (Wildman–Crippen MR) is 134 cm³/mol. The van der Waals surface area contributed by atoms with Gasteiger partial charge in [0, 0.05) is 17.6 Å². The Balaban J connectivity index is 1.89. The molecule has 3 rings (SSSR count). The minimum atomic E-state index is -0.333. The standard InChI is InChI=1S/C26H34N4O5/c1-16(2)30(17(3)4)24(31)15-29-20-11-9-8-10-19(20)28-23(29)14-27-26(32)18-12-21(33-5)25(35-7)22(13-18)34-6/h8-13,16-17H,14-15H2,1-7H3,(H,27,32). The van der Waals surface area contributed by atoms with E-state index in [0.717, 1.165) is 11.0 Å². The average molecular weight is 483 g/mol. The summed E-state index contributed by atoms with van der Waals surface area (Å²) < 4.78 is 17.9. The van der Waals surface area contributed by atoms with Crippen LogP contribution in [0.15, 0.2) is 36.4 Å². The van der Waals surface area contributed by atoms with Crippen molar-refractivity contribution in [1.82, 2.24) is 19.8 Å². The van der Waals surface area contributed by atoms with E-state index in [4.69, 9.17) is 14.2 Å². The van der Waals surface area contributed by atoms with Gasteiger partial charge in [-0.15, -0.1) is 0 Å². The molecule has 1 N–H and O–H groups in total. The number of carbonyl (C=O) groups is 2. The average Bonchev–Trinajstić information content (AvgIpc) is 3.18. The Hall–Kier alpha value is -3.75. The van der Waals surface area contributed by atoms with Gasteiger partial charge in [0.2, 0.25) is 11.7 Å². The van der Waals surface area contributed by atoms with Crippen LogP contribution in [0.1, 0.15) is 43.9 Å². The van der Waals surface area contributed by atoms with Crippen molar-refractivity contribution in [3.63, 3.8) is 0 Å². The van der Waals surface area contributed by atoms with Crippen LogP contribution in [0, 0.1) is 0 Å². The highest BCUT2D eigenvalue weighted by atomic mass is 16.5. The van der Waals surface area contributed by atoms with Gasteiger partial charge in [-0.3, -0.25) is 9.59 Å². The third-order valence-corrected chi connectivity index (χ3v) is 5.76. The molecular formula is C26H34N4O5. The number of amides is 2. The van der Waals surface area contributed by atoms with Crippen LogP contribution in [0.4, 0.5) is 0 Å². The molecule has 1 aromatic heterocycles. The molecule has 1 heterocycles. The molecule has 188 valence electrons. The first-order chi connectivity index (χ1) is 16.7. The minimum Gasteiger partial charge on any atom is -0.493 e. The summed E-state index contributed by atoms with van der Waals surface area (Å²) >= 11 is 0. The van der Waals surface area contributed by atoms with Crippen molar-refractivity contribution in [1.29, 1.82) is 0 Å². The van der Waals surface area contributed by atoms with Crippen molar-refractivity contribution in [3.05, 3.63) is 47.8 Å². The van der Waals surface area contributed by atoms with Crippen molar-refractivity contribution in [2.45, 2.75) is 52.9 Å². The van der Waals surface area contributed by atoms with E-state index in [0.29, 0.717) is 28.6 Å². The van der Waals surface area contributed by atoms with E-state index >= 15 is 0 Å². The third kappa shape index (κ3) is 5.50. The van der Waals surface area contributed by atoms with Gasteiger partial charge < -0.3 is 29.0 Å². The predicted octanol–water partition coefficient (Wildman–Crippen LogP) is 3.64. The Kier molecular flexibility index (Phi) is 8.22. The molecule has 0 bridgehead atoms. The first-order valence-corrected chi connectivity index (χ1v) is 11.5. The number of ether oxygens (including phenoxy) is 3. The normalized spacial score (nSPS) is 11.1. The topological polar surface area (TPSA) is 94.9 Å². The Bertz CT molecular complexity index is 1170. The van der Waals surface area contributed by atoms with E-state index in [1.54, 1.807) is 12.1 Å². The van der Waals surface area contributed by atoms with Crippen molar-refractivity contribution in [2.75, 3.05) is 21.3 Å². The lowest BCUT2D eigenvalue weighted by Crippen LogP contribution is -2.44. The third-order valence-electron chi connectivity index (χ3n) is 5.76. The lowest BCUT2D eigenvalue weighted by Gasteiger charge is -2.31. The van der Waals surface area contributed by atoms with Crippen molar-refractivity contribution in [2.24, 2.45) is 0 Å². The SMILES string of the molecule is COc1cc(C(=O)NCc2nc3ccccc3n2CC(=O)N(C(C)C)C(C)C)cc(OC)c1OC. The van der Waals surface area contributed by atoms with Crippen molar-refractivity contribution >= 4 is 22.8 Å². The second kappa shape index (κ2) is 11.1. The molecule has 0 saturated carbocycles. The quantitative estimate of drug-likeness (QED) is 0.474. The van der Waals surface area contributed by atoms with Gasteiger partial charge in [0.05, 0.1) is 38.9 Å². The zero-order chi connectivity index (χ0) is 25.7. The van der Waals surface area contributed by atoms with Crippen LogP contribution in [0.25, 0.3) is 11.0 Å². The summed E-state index contributed by atoms with van der Waals surface area (Å²) in [6.07, 6.45) is 0. The van der Waals surface area contributed by atoms with Gasteiger partial charge in [-0.05, 0) is 52.0 Å². The lowest BCUT2D eigenvalue weighted by atomic mass is 10.1. The summed E-state index contributed by atoms with van der Waals surface area (Å²) in [5.41, 5.74) is 1.95. The molecule has 3 aromatic rings. The van der Waals surface area contributed by atoms with Crippen LogP contribution in [-0.2, 0) is 17.9 Å². The van der Waals surface area contributed by atoms with E-state index < -0.39 is 0 Å². The highest BCUT2D eigenvalue weighted by Crippen LogP contribution is 2.38. The number of aromatic nitrogens is 2. The Morgan fingerprint density at radius 1 is 0.971 bits per heavy atom. The maximum absolute atomic E-state index is 13.2. The Morgan fingerprint density at radius 3 is 2.11 bits per heavy atom. The van der Waals surface area contributed by atoms with Gasteiger partial charge in [0.15, 0.2) is 11.5 Å². The molecule has 0 atom stereocenters. The highest BCUT2D eigenvalue weighted by Gasteiger charge is 2.23. The number of hydrogen-bond acceptors (Lipinski definition) is 6. The van der Waals surface area contributed by atoms with Crippen LogP contribution in [0.5, 0.6) is 17.2 Å². The van der Waals surface area contributed by atoms with Gasteiger partial charge >= 0.3 is 0 Å². The molecule has 2 amide bonds. The lowest BCUT2D eigenvalue weighted by molar-refractivity contribution is -0.135. The van der Waals surface area contributed by atoms with E-state index in [9.17, 15) is 9.59 Å². The number of nitrogens with zero attached hydrogens (tertiary/aromatic N) is 3. The van der Waals surface area contributed by atoms with Crippen LogP contribution in [0.3, 0.4) is 0 Å². The summed E-state index contributed by atoms with van der Waals surface area (Å²) in [7, 11) is 4.50. The second-order valence-electron chi connectivity index (χ2n) is 8.69. The number of rotatable bonds is 10. The summed E-state index contributed by atoms with van der Waals surface area (Å²) in [6, 6.07) is 10.9. The molecule has 0 fully saturated rings. The molecule has 0 saturated heterocycles. The molecule has 0 aliphatic carbocycles. The van der Waals surface area contributed by atoms with E-state index in [2.05, 4.69) is 10.3 Å². The molecular weight excluding hydrogens is 448 g/mol. The van der Waals surface area contributed by atoms with Crippen LogP contribution in [-0.4, -0.2) is 59.7 Å². The zero-order valence-electron chi connectivity index (χ0n) is 21.4. The molecule has 2 aromatic carbocycles. The highest BCUT2D eigenvalue weighted by molar-refractivity contribution is 5.95. The number of imidazole rings is 1. The molecule has 0 radical (unpaired) electrons. The van der Waals surface area contributed by atoms with Crippen LogP contribution >= 0.6 is 0 Å². The van der Waals surface area contributed by atoms with Gasteiger partial charge in [0.1, 0.15) is 12.4 Å². The van der Waals surface area contributed by atoms with Gasteiger partial charge in [-0.25, -0.2) is 4.98 Å². The first-order valence-electron chi connectivity index (χ1n) is 11.5. The van der Waals surface area contributed by atoms with E-state index in [-0.39, 0.29) is 37.0 Å². The number of nitrogens with one attached hydrogen (secondary N) is 1. The number of benzene rings is 2. The fourth-order valence-corrected chi connectivity index (χ4v) is 4.30. The summed E-state index contributed by atoms with van der Waals surface area (Å²) in [6.45, 7) is 8.28. The molecule has 9 heteroatoms. The Labute approximate surface area is 206 Å². The molecule has 9 nitrogen and oxygen atoms in total. The maximum atomic E-state index is 13.2. The second-order valence-corrected chi connectivity index (χ2v) is 8.69. The molecule has 0 spiro atoms. The van der Waals surface area contributed by atoms with E-state index in [1.807, 2.05) is 61.4 Å². The molecule has 0 aliphatic rings. The minimum absolute atomic E-state index is 0.00430. The monoisotopic (exact) mass is 482 g/mol. The maximum Gasteiger partial charge on any atom is 0.251 e. The number of fused-ring (bicyclic) bond motifs is 1. The number of carbonyl (C=O) groups excluding carboxylic acids is 2.